The molecule has 2 unspecified atom stereocenters. The van der Waals surface area contributed by atoms with Crippen molar-refractivity contribution in [1.29, 1.82) is 0 Å². The van der Waals surface area contributed by atoms with Gasteiger partial charge in [-0.05, 0) is 20.3 Å². The second-order valence-electron chi connectivity index (χ2n) is 2.98. The average molecular weight is 156 g/mol. The van der Waals surface area contributed by atoms with Crippen LogP contribution in [-0.4, -0.2) is 11.3 Å². The van der Waals surface area contributed by atoms with Crippen molar-refractivity contribution in [2.45, 2.75) is 26.5 Å². The Morgan fingerprint density at radius 3 is 2.45 bits per heavy atom. The summed E-state index contributed by atoms with van der Waals surface area (Å²) in [6, 6.07) is 0. The highest BCUT2D eigenvalue weighted by Gasteiger charge is 2.11. The highest BCUT2D eigenvalue weighted by molar-refractivity contribution is 4.97. The molecular formula is C9H18NO+. The quantitative estimate of drug-likeness (QED) is 0.457. The molecular weight excluding hydrogens is 138 g/mol. The summed E-state index contributed by atoms with van der Waals surface area (Å²) < 4.78 is 0. The topological polar surface area (TPSA) is 47.9 Å². The van der Waals surface area contributed by atoms with E-state index in [9.17, 15) is 0 Å². The first-order valence-corrected chi connectivity index (χ1v) is 3.85. The zero-order chi connectivity index (χ0) is 8.85. The maximum Gasteiger partial charge on any atom is 0.192 e. The van der Waals surface area contributed by atoms with Gasteiger partial charge < -0.3 is 10.8 Å². The summed E-state index contributed by atoms with van der Waals surface area (Å²) in [5, 5.41) is 9.11. The summed E-state index contributed by atoms with van der Waals surface area (Å²) in [5.74, 6) is 0.0879. The molecule has 0 aliphatic heterocycles. The van der Waals surface area contributed by atoms with Gasteiger partial charge in [-0.3, -0.25) is 0 Å². The van der Waals surface area contributed by atoms with Crippen LogP contribution in [0.15, 0.2) is 24.3 Å². The largest absolute Gasteiger partial charge is 0.344 e. The Hall–Kier alpha value is -0.600. The van der Waals surface area contributed by atoms with Crippen molar-refractivity contribution in [3.63, 3.8) is 0 Å². The first-order chi connectivity index (χ1) is 5.07. The first-order valence-electron chi connectivity index (χ1n) is 3.85. The fourth-order valence-electron chi connectivity index (χ4n) is 0.782. The van der Waals surface area contributed by atoms with Gasteiger partial charge in [-0.25, -0.2) is 0 Å². The molecule has 0 aromatic carbocycles. The van der Waals surface area contributed by atoms with Gasteiger partial charge in [0.25, 0.3) is 0 Å². The van der Waals surface area contributed by atoms with Crippen molar-refractivity contribution >= 4 is 0 Å². The van der Waals surface area contributed by atoms with Crippen molar-refractivity contribution in [2.24, 2.45) is 5.92 Å². The highest BCUT2D eigenvalue weighted by Crippen LogP contribution is 2.08. The summed E-state index contributed by atoms with van der Waals surface area (Å²) in [6.45, 7) is 7.71. The van der Waals surface area contributed by atoms with Crippen molar-refractivity contribution in [2.75, 3.05) is 0 Å². The zero-order valence-electron chi connectivity index (χ0n) is 7.38. The Kier molecular flexibility index (Phi) is 4.83. The van der Waals surface area contributed by atoms with E-state index in [2.05, 4.69) is 18.4 Å². The van der Waals surface area contributed by atoms with E-state index in [0.29, 0.717) is 0 Å². The summed E-state index contributed by atoms with van der Waals surface area (Å²) >= 11 is 0. The number of allylic oxidation sites excluding steroid dienone is 2. The third kappa shape index (κ3) is 4.76. The Morgan fingerprint density at radius 1 is 1.64 bits per heavy atom. The summed E-state index contributed by atoms with van der Waals surface area (Å²) in [6.07, 6.45) is 4.12. The molecule has 0 radical (unpaired) electrons. The van der Waals surface area contributed by atoms with E-state index in [1.54, 1.807) is 6.08 Å². The van der Waals surface area contributed by atoms with Crippen LogP contribution >= 0.6 is 0 Å². The van der Waals surface area contributed by atoms with Crippen molar-refractivity contribution in [3.8, 4) is 0 Å². The fraction of sp³-hybridized carbons (Fsp3) is 0.556. The molecule has 2 atom stereocenters. The predicted molar refractivity (Wildman–Crippen MR) is 46.6 cm³/mol. The van der Waals surface area contributed by atoms with Gasteiger partial charge in [-0.2, -0.15) is 0 Å². The molecule has 11 heavy (non-hydrogen) atoms. The molecule has 4 N–H and O–H groups in total. The smallest absolute Gasteiger partial charge is 0.192 e. The molecule has 0 heterocycles. The molecule has 0 saturated heterocycles. The lowest BCUT2D eigenvalue weighted by molar-refractivity contribution is -0.492. The Morgan fingerprint density at radius 2 is 2.18 bits per heavy atom. The van der Waals surface area contributed by atoms with E-state index in [1.165, 1.54) is 5.57 Å². The van der Waals surface area contributed by atoms with E-state index in [4.69, 9.17) is 5.11 Å². The van der Waals surface area contributed by atoms with Crippen molar-refractivity contribution < 1.29 is 10.8 Å². The lowest BCUT2D eigenvalue weighted by Crippen LogP contribution is -2.63. The number of hydrogen-bond acceptors (Lipinski definition) is 1. The molecule has 0 rings (SSSR count). The minimum Gasteiger partial charge on any atom is -0.344 e. The third-order valence-electron chi connectivity index (χ3n) is 1.60. The maximum absolute atomic E-state index is 9.11. The van der Waals surface area contributed by atoms with Crippen LogP contribution < -0.4 is 5.73 Å². The molecule has 0 bridgehead atoms. The van der Waals surface area contributed by atoms with E-state index >= 15 is 0 Å². The molecule has 0 amide bonds. The Bertz CT molecular complexity index is 146. The molecule has 2 heteroatoms. The Labute approximate surface area is 68.4 Å². The van der Waals surface area contributed by atoms with Gasteiger partial charge in [0.15, 0.2) is 6.23 Å². The monoisotopic (exact) mass is 156 g/mol. The standard InChI is InChI=1S/C9H17NO/c1-4-8(9(10)11)6-5-7(2)3/h4-5,8-9,11H,1,6,10H2,2-3H3/p+1. The molecule has 0 aromatic rings. The summed E-state index contributed by atoms with van der Waals surface area (Å²) in [4.78, 5) is 0. The van der Waals surface area contributed by atoms with Crippen LogP contribution in [0.2, 0.25) is 0 Å². The second kappa shape index (κ2) is 5.10. The van der Waals surface area contributed by atoms with Crippen LogP contribution in [0.3, 0.4) is 0 Å². The number of rotatable bonds is 4. The maximum atomic E-state index is 9.11. The van der Waals surface area contributed by atoms with Crippen LogP contribution in [0, 0.1) is 5.92 Å². The molecule has 0 fully saturated rings. The lowest BCUT2D eigenvalue weighted by atomic mass is 10.0. The number of aliphatic hydroxyl groups is 1. The molecule has 64 valence electrons. The summed E-state index contributed by atoms with van der Waals surface area (Å²) in [5.41, 5.74) is 4.80. The number of aliphatic hydroxyl groups excluding tert-OH is 1. The van der Waals surface area contributed by atoms with Crippen LogP contribution in [0.5, 0.6) is 0 Å². The number of quaternary nitrogens is 1. The predicted octanol–water partition coefficient (Wildman–Crippen LogP) is 0.705. The highest BCUT2D eigenvalue weighted by atomic mass is 16.3. The van der Waals surface area contributed by atoms with Gasteiger partial charge in [0.1, 0.15) is 0 Å². The fourth-order valence-corrected chi connectivity index (χ4v) is 0.782. The first kappa shape index (κ1) is 10.4. The van der Waals surface area contributed by atoms with Gasteiger partial charge in [0.05, 0.1) is 5.92 Å². The van der Waals surface area contributed by atoms with Gasteiger partial charge in [0.2, 0.25) is 0 Å². The third-order valence-corrected chi connectivity index (χ3v) is 1.60. The van der Waals surface area contributed by atoms with Gasteiger partial charge in [-0.1, -0.05) is 17.7 Å². The second-order valence-corrected chi connectivity index (χ2v) is 2.98. The van der Waals surface area contributed by atoms with E-state index in [-0.39, 0.29) is 5.92 Å². The average Bonchev–Trinajstić information content (AvgIpc) is 1.87. The molecule has 2 nitrogen and oxygen atoms in total. The van der Waals surface area contributed by atoms with Gasteiger partial charge in [-0.15, -0.1) is 6.58 Å². The normalized spacial score (nSPS) is 15.3. The minimum absolute atomic E-state index is 0.0879. The van der Waals surface area contributed by atoms with E-state index < -0.39 is 6.23 Å². The zero-order valence-corrected chi connectivity index (χ0v) is 7.38. The Balaban J connectivity index is 3.89. The molecule has 0 aliphatic rings. The number of hydrogen-bond donors (Lipinski definition) is 2. The molecule has 0 aromatic heterocycles. The van der Waals surface area contributed by atoms with Gasteiger partial charge >= 0.3 is 0 Å². The summed E-state index contributed by atoms with van der Waals surface area (Å²) in [7, 11) is 0. The SMILES string of the molecule is C=CC(CC=C(C)C)C([NH3+])O. The molecule has 0 spiro atoms. The molecule has 0 saturated carbocycles. The minimum atomic E-state index is -0.539. The molecule has 0 aliphatic carbocycles. The van der Waals surface area contributed by atoms with E-state index in [0.717, 1.165) is 6.42 Å². The van der Waals surface area contributed by atoms with Crippen LogP contribution in [-0.2, 0) is 0 Å². The van der Waals surface area contributed by atoms with Gasteiger partial charge in [0, 0.05) is 0 Å². The van der Waals surface area contributed by atoms with Crippen LogP contribution in [0.25, 0.3) is 0 Å². The lowest BCUT2D eigenvalue weighted by Gasteiger charge is -2.09. The van der Waals surface area contributed by atoms with Crippen LogP contribution in [0.4, 0.5) is 0 Å². The van der Waals surface area contributed by atoms with Crippen molar-refractivity contribution in [1.82, 2.24) is 0 Å². The van der Waals surface area contributed by atoms with E-state index in [1.807, 2.05) is 13.8 Å². The van der Waals surface area contributed by atoms with Crippen molar-refractivity contribution in [3.05, 3.63) is 24.3 Å². The van der Waals surface area contributed by atoms with Crippen LogP contribution in [0.1, 0.15) is 20.3 Å².